The Hall–Kier alpha value is -6.47. The van der Waals surface area contributed by atoms with Crippen molar-refractivity contribution >= 4 is 5.78 Å². The van der Waals surface area contributed by atoms with Crippen molar-refractivity contribution in [3.63, 3.8) is 0 Å². The molecule has 0 spiro atoms. The zero-order chi connectivity index (χ0) is 50.1. The van der Waals surface area contributed by atoms with Gasteiger partial charge in [0.2, 0.25) is 0 Å². The number of Topliss-reactive ketones (excluding diaryl/α,β-unsaturated/α-hetero) is 1. The van der Waals surface area contributed by atoms with E-state index in [-0.39, 0.29) is 51.0 Å². The molecule has 8 rings (SSSR count). The molecule has 7 aromatic rings. The van der Waals surface area contributed by atoms with Crippen LogP contribution in [0.4, 0.5) is 0 Å². The van der Waals surface area contributed by atoms with Crippen LogP contribution in [0.2, 0.25) is 0 Å². The van der Waals surface area contributed by atoms with Crippen LogP contribution < -0.4 is 4.74 Å². The van der Waals surface area contributed by atoms with Gasteiger partial charge in [0.1, 0.15) is 48.1 Å². The van der Waals surface area contributed by atoms with E-state index in [1.54, 1.807) is 7.11 Å². The summed E-state index contributed by atoms with van der Waals surface area (Å²) in [6, 6.07) is 61.4. The van der Waals surface area contributed by atoms with Crippen LogP contribution >= 0.6 is 0 Å². The zero-order valence-electron chi connectivity index (χ0n) is 41.6. The van der Waals surface area contributed by atoms with Crippen LogP contribution in [0.25, 0.3) is 0 Å². The highest BCUT2D eigenvalue weighted by Crippen LogP contribution is 2.45. The van der Waals surface area contributed by atoms with E-state index in [1.807, 2.05) is 202 Å². The van der Waals surface area contributed by atoms with Gasteiger partial charge in [-0.25, -0.2) is 0 Å². The van der Waals surface area contributed by atoms with Gasteiger partial charge in [0.15, 0.2) is 5.78 Å². The first-order chi connectivity index (χ1) is 35.2. The molecule has 3 unspecified atom stereocenters. The Morgan fingerprint density at radius 3 is 1.36 bits per heavy atom. The van der Waals surface area contributed by atoms with E-state index < -0.39 is 48.8 Å². The lowest BCUT2D eigenvalue weighted by Gasteiger charge is -2.46. The number of hydrogen-bond donors (Lipinski definition) is 1. The number of phenols is 1. The summed E-state index contributed by atoms with van der Waals surface area (Å²) in [5, 5.41) is 12.4. The largest absolute Gasteiger partial charge is 0.507 e. The highest BCUT2D eigenvalue weighted by Gasteiger charge is 2.49. The molecule has 10 nitrogen and oxygen atoms in total. The highest BCUT2D eigenvalue weighted by atomic mass is 16.6. The molecule has 8 atom stereocenters. The Morgan fingerprint density at radius 1 is 0.542 bits per heavy atom. The van der Waals surface area contributed by atoms with Crippen LogP contribution in [0, 0.1) is 6.92 Å². The monoisotopic (exact) mass is 970 g/mol. The minimum atomic E-state index is -1.02. The molecule has 0 bridgehead atoms. The van der Waals surface area contributed by atoms with Crippen molar-refractivity contribution in [2.45, 2.75) is 116 Å². The van der Waals surface area contributed by atoms with Gasteiger partial charge in [-0.05, 0) is 65.8 Å². The van der Waals surface area contributed by atoms with Crippen molar-refractivity contribution in [2.75, 3.05) is 7.11 Å². The number of carbonyl (C=O) groups is 1. The summed E-state index contributed by atoms with van der Waals surface area (Å²) in [7, 11) is 1.59. The molecular weight excluding hydrogens is 905 g/mol. The molecule has 7 aromatic carbocycles. The third kappa shape index (κ3) is 13.9. The fraction of sp³-hybridized carbons (Fsp3) is 0.306. The van der Waals surface area contributed by atoms with Gasteiger partial charge in [0, 0.05) is 17.5 Å². The second-order valence-corrected chi connectivity index (χ2v) is 18.3. The number of rotatable bonds is 25. The van der Waals surface area contributed by atoms with Gasteiger partial charge in [-0.1, -0.05) is 182 Å². The predicted octanol–water partition coefficient (Wildman–Crippen LogP) is 11.8. The van der Waals surface area contributed by atoms with E-state index in [0.717, 1.165) is 33.4 Å². The fourth-order valence-corrected chi connectivity index (χ4v) is 9.33. The molecule has 374 valence electrons. The van der Waals surface area contributed by atoms with Gasteiger partial charge in [-0.2, -0.15) is 0 Å². The lowest BCUT2D eigenvalue weighted by Crippen LogP contribution is -2.56. The van der Waals surface area contributed by atoms with E-state index in [0.29, 0.717) is 29.0 Å². The Bertz CT molecular complexity index is 2690. The van der Waals surface area contributed by atoms with Crippen LogP contribution in [0.5, 0.6) is 11.5 Å². The Morgan fingerprint density at radius 2 is 0.931 bits per heavy atom. The first-order valence-corrected chi connectivity index (χ1v) is 24.7. The van der Waals surface area contributed by atoms with Crippen LogP contribution in [0.15, 0.2) is 188 Å². The molecule has 10 heteroatoms. The topological polar surface area (TPSA) is 111 Å². The number of ether oxygens (including phenoxy) is 8. The van der Waals surface area contributed by atoms with Crippen molar-refractivity contribution in [3.8, 4) is 11.5 Å². The molecule has 72 heavy (non-hydrogen) atoms. The molecule has 0 amide bonds. The van der Waals surface area contributed by atoms with Crippen LogP contribution in [-0.4, -0.2) is 60.7 Å². The van der Waals surface area contributed by atoms with E-state index in [4.69, 9.17) is 37.9 Å². The van der Waals surface area contributed by atoms with Crippen LogP contribution in [0.3, 0.4) is 0 Å². The number of carbonyl (C=O) groups excluding carboxylic acids is 1. The standard InChI is InChI=1S/C62H66O10/c1-43-55(64)53(59-62(71-42-51-33-21-10-22-34-51)61(70-41-50-31-19-9-20-32-50)58(45(3)72-59)68-39-48-27-15-7-16-28-48)35-52(56(43)65-4)36-54(66-37-46-23-11-5-12-24-46)60(69-40-49-29-17-8-18-30-49)57(44(2)63)67-38-47-25-13-6-14-26-47/h5-35,45,54,57-62,64H,36-42H2,1-4H3/t45?,54-,57-,58-,59-,60+,61?,62?/m1/s1. The van der Waals surface area contributed by atoms with Crippen molar-refractivity contribution < 1.29 is 47.8 Å². The summed E-state index contributed by atoms with van der Waals surface area (Å²) in [4.78, 5) is 13.9. The quantitative estimate of drug-likeness (QED) is 0.0594. The summed E-state index contributed by atoms with van der Waals surface area (Å²) < 4.78 is 54.3. The zero-order valence-corrected chi connectivity index (χ0v) is 41.6. The molecule has 0 radical (unpaired) electrons. The number of benzene rings is 7. The lowest BCUT2D eigenvalue weighted by atomic mass is 9.87. The van der Waals surface area contributed by atoms with Crippen LogP contribution in [-0.2, 0) is 84.0 Å². The fourth-order valence-electron chi connectivity index (χ4n) is 9.33. The van der Waals surface area contributed by atoms with Crippen molar-refractivity contribution in [2.24, 2.45) is 0 Å². The molecule has 0 aliphatic carbocycles. The maximum atomic E-state index is 13.9. The summed E-state index contributed by atoms with van der Waals surface area (Å²) >= 11 is 0. The third-order valence-corrected chi connectivity index (χ3v) is 13.1. The first kappa shape index (κ1) is 51.9. The van der Waals surface area contributed by atoms with Gasteiger partial charge < -0.3 is 43.0 Å². The normalized spacial score (nSPS) is 19.0. The second-order valence-electron chi connectivity index (χ2n) is 18.3. The average molecular weight is 971 g/mol. The molecule has 0 saturated carbocycles. The van der Waals surface area contributed by atoms with Gasteiger partial charge in [-0.15, -0.1) is 0 Å². The third-order valence-electron chi connectivity index (χ3n) is 13.1. The molecule has 1 aliphatic heterocycles. The maximum Gasteiger partial charge on any atom is 0.161 e. The molecule has 1 fully saturated rings. The van der Waals surface area contributed by atoms with E-state index in [9.17, 15) is 9.90 Å². The summed E-state index contributed by atoms with van der Waals surface area (Å²) in [6.07, 6.45) is -5.88. The van der Waals surface area contributed by atoms with E-state index in [2.05, 4.69) is 0 Å². The van der Waals surface area contributed by atoms with Crippen molar-refractivity contribution in [1.29, 1.82) is 0 Å². The molecular formula is C62H66O10. The van der Waals surface area contributed by atoms with Crippen molar-refractivity contribution in [3.05, 3.63) is 238 Å². The first-order valence-electron chi connectivity index (χ1n) is 24.7. The minimum absolute atomic E-state index is 0.00184. The molecule has 1 N–H and O–H groups in total. The average Bonchev–Trinajstić information content (AvgIpc) is 3.42. The van der Waals surface area contributed by atoms with Gasteiger partial charge in [0.05, 0.1) is 59.0 Å². The summed E-state index contributed by atoms with van der Waals surface area (Å²) in [5.74, 6) is 0.251. The van der Waals surface area contributed by atoms with Gasteiger partial charge >= 0.3 is 0 Å². The molecule has 1 heterocycles. The number of aromatic hydroxyl groups is 1. The molecule has 1 saturated heterocycles. The lowest BCUT2D eigenvalue weighted by molar-refractivity contribution is -0.264. The summed E-state index contributed by atoms with van der Waals surface area (Å²) in [5.41, 5.74) is 7.42. The Kier molecular flexibility index (Phi) is 18.9. The smallest absolute Gasteiger partial charge is 0.161 e. The SMILES string of the molecule is COc1c(C[C@@H](OCc2ccccc2)[C@H](OCc2ccccc2)[C@H](OCc2ccccc2)C(C)=O)cc([C@H]2OC(C)[C@@H](OCc3ccccc3)C(OCc3ccccc3)C2OCc2ccccc2)c(O)c1C. The van der Waals surface area contributed by atoms with E-state index in [1.165, 1.54) is 6.92 Å². The van der Waals surface area contributed by atoms with Gasteiger partial charge in [0.25, 0.3) is 0 Å². The molecule has 1 aliphatic rings. The second kappa shape index (κ2) is 26.3. The minimum Gasteiger partial charge on any atom is -0.507 e. The number of methoxy groups -OCH3 is 1. The molecule has 0 aromatic heterocycles. The number of ketones is 1. The predicted molar refractivity (Wildman–Crippen MR) is 277 cm³/mol. The Labute approximate surface area is 424 Å². The van der Waals surface area contributed by atoms with Gasteiger partial charge in [-0.3, -0.25) is 4.79 Å². The van der Waals surface area contributed by atoms with Crippen molar-refractivity contribution in [1.82, 2.24) is 0 Å². The maximum absolute atomic E-state index is 13.9. The Balaban J connectivity index is 1.20. The summed E-state index contributed by atoms with van der Waals surface area (Å²) in [6.45, 7) is 6.77. The number of hydrogen-bond acceptors (Lipinski definition) is 10. The highest BCUT2D eigenvalue weighted by molar-refractivity contribution is 5.81. The number of phenolic OH excluding ortho intramolecular Hbond substituents is 1. The van der Waals surface area contributed by atoms with Crippen LogP contribution in [0.1, 0.15) is 70.0 Å². The van der Waals surface area contributed by atoms with E-state index >= 15 is 0 Å².